The van der Waals surface area contributed by atoms with E-state index in [-0.39, 0.29) is 6.92 Å². The zero-order valence-electron chi connectivity index (χ0n) is 7.11. The van der Waals surface area contributed by atoms with E-state index in [0.29, 0.717) is 0 Å². The van der Waals surface area contributed by atoms with Crippen molar-refractivity contribution in [2.24, 2.45) is 0 Å². The van der Waals surface area contributed by atoms with Crippen molar-refractivity contribution in [1.82, 2.24) is 0 Å². The second-order valence-corrected chi connectivity index (χ2v) is 3.02. The summed E-state index contributed by atoms with van der Waals surface area (Å²) in [5, 5.41) is 0. The van der Waals surface area contributed by atoms with Crippen molar-refractivity contribution in [2.75, 3.05) is 0 Å². The van der Waals surface area contributed by atoms with Gasteiger partial charge in [-0.05, 0) is 6.92 Å². The van der Waals surface area contributed by atoms with Gasteiger partial charge in [-0.3, -0.25) is 0 Å². The Morgan fingerprint density at radius 1 is 0.733 bits per heavy atom. The molecule has 15 heavy (non-hydrogen) atoms. The van der Waals surface area contributed by atoms with Crippen molar-refractivity contribution in [3.63, 3.8) is 0 Å². The number of alkyl halides is 9. The summed E-state index contributed by atoms with van der Waals surface area (Å²) in [6.45, 7) is -0.173. The van der Waals surface area contributed by atoms with Gasteiger partial charge >= 0.3 is 18.0 Å². The summed E-state index contributed by atoms with van der Waals surface area (Å²) in [7, 11) is 0. The third-order valence-corrected chi connectivity index (χ3v) is 1.35. The molecule has 0 nitrogen and oxygen atoms in total. The first-order valence-corrected chi connectivity index (χ1v) is 3.41. The molecule has 0 amide bonds. The Bertz CT molecular complexity index is 220. The predicted molar refractivity (Wildman–Crippen MR) is 31.2 cm³/mol. The zero-order chi connectivity index (χ0) is 12.7. The highest BCUT2D eigenvalue weighted by atomic mass is 19.4. The second kappa shape index (κ2) is 3.44. The van der Waals surface area contributed by atoms with Crippen molar-refractivity contribution >= 4 is 0 Å². The van der Waals surface area contributed by atoms with Crippen LogP contribution in [0.25, 0.3) is 0 Å². The normalized spacial score (nSPS) is 15.6. The maximum Gasteiger partial charge on any atom is 0.459 e. The van der Waals surface area contributed by atoms with Gasteiger partial charge in [-0.15, -0.1) is 0 Å². The summed E-state index contributed by atoms with van der Waals surface area (Å²) in [5.74, 6) is -16.6. The highest BCUT2D eigenvalue weighted by molar-refractivity contribution is 4.93. The Hall–Kier alpha value is -0.630. The van der Waals surface area contributed by atoms with Crippen LogP contribution in [0.15, 0.2) is 0 Å². The largest absolute Gasteiger partial charge is 0.459 e. The van der Waals surface area contributed by atoms with Crippen LogP contribution in [0.5, 0.6) is 0 Å². The topological polar surface area (TPSA) is 0 Å². The van der Waals surface area contributed by atoms with Crippen molar-refractivity contribution in [3.05, 3.63) is 0 Å². The van der Waals surface area contributed by atoms with Crippen LogP contribution in [0.1, 0.15) is 13.3 Å². The van der Waals surface area contributed by atoms with Crippen LogP contribution in [-0.4, -0.2) is 23.9 Å². The van der Waals surface area contributed by atoms with Gasteiger partial charge in [0.15, 0.2) is 0 Å². The molecule has 0 spiro atoms. The van der Waals surface area contributed by atoms with E-state index in [1.165, 1.54) is 0 Å². The third kappa shape index (κ3) is 3.16. The smallest absolute Gasteiger partial charge is 0.207 e. The van der Waals surface area contributed by atoms with Crippen molar-refractivity contribution < 1.29 is 39.5 Å². The molecule has 0 saturated carbocycles. The van der Waals surface area contributed by atoms with Crippen LogP contribution in [0.3, 0.4) is 0 Å². The van der Waals surface area contributed by atoms with Crippen molar-refractivity contribution in [3.8, 4) is 0 Å². The molecule has 9 heteroatoms. The minimum atomic E-state index is -6.57. The van der Waals surface area contributed by atoms with Crippen LogP contribution in [-0.2, 0) is 0 Å². The highest BCUT2D eigenvalue weighted by Gasteiger charge is 2.74. The lowest BCUT2D eigenvalue weighted by Gasteiger charge is -2.29. The monoisotopic (exact) mass is 248 g/mol. The van der Waals surface area contributed by atoms with E-state index in [9.17, 15) is 39.5 Å². The Balaban J connectivity index is 5.03. The second-order valence-electron chi connectivity index (χ2n) is 3.02. The highest BCUT2D eigenvalue weighted by Crippen LogP contribution is 2.50. The van der Waals surface area contributed by atoms with Gasteiger partial charge in [0.25, 0.3) is 5.92 Å². The summed E-state index contributed by atoms with van der Waals surface area (Å²) < 4.78 is 107. The van der Waals surface area contributed by atoms with Gasteiger partial charge in [-0.1, -0.05) is 0 Å². The Kier molecular flexibility index (Phi) is 3.30. The molecule has 0 aliphatic carbocycles. The van der Waals surface area contributed by atoms with Gasteiger partial charge in [0.1, 0.15) is 0 Å². The molecule has 0 atom stereocenters. The molecule has 0 fully saturated rings. The SMILES string of the molecule is CC(F)(F)CC(F)(F)C(F)(F)C(F)(F)F. The van der Waals surface area contributed by atoms with Gasteiger partial charge in [0.05, 0.1) is 6.42 Å². The number of rotatable bonds is 3. The van der Waals surface area contributed by atoms with Gasteiger partial charge in [-0.25, -0.2) is 8.78 Å². The minimum absolute atomic E-state index is 0.173. The maximum atomic E-state index is 12.2. The first-order chi connectivity index (χ1) is 6.21. The molecule has 0 aromatic carbocycles. The zero-order valence-corrected chi connectivity index (χ0v) is 7.11. The molecular weight excluding hydrogens is 243 g/mol. The fraction of sp³-hybridized carbons (Fsp3) is 1.00. The molecule has 0 bridgehead atoms. The summed E-state index contributed by atoms with van der Waals surface area (Å²) >= 11 is 0. The number of hydrogen-bond donors (Lipinski definition) is 0. The van der Waals surface area contributed by atoms with Gasteiger partial charge in [0, 0.05) is 0 Å². The molecular formula is C6H5F9. The number of halogens is 9. The lowest BCUT2D eigenvalue weighted by molar-refractivity contribution is -0.362. The van der Waals surface area contributed by atoms with Crippen LogP contribution >= 0.6 is 0 Å². The molecule has 92 valence electrons. The van der Waals surface area contributed by atoms with Crippen LogP contribution in [0.2, 0.25) is 0 Å². The Morgan fingerprint density at radius 2 is 1.07 bits per heavy atom. The van der Waals surface area contributed by atoms with Gasteiger partial charge < -0.3 is 0 Å². The summed E-state index contributed by atoms with van der Waals surface area (Å²) in [4.78, 5) is 0. The van der Waals surface area contributed by atoms with Crippen molar-refractivity contribution in [1.29, 1.82) is 0 Å². The predicted octanol–water partition coefficient (Wildman–Crippen LogP) is 3.86. The molecule has 0 aliphatic heterocycles. The number of hydrogen-bond acceptors (Lipinski definition) is 0. The van der Waals surface area contributed by atoms with E-state index < -0.39 is 30.4 Å². The molecule has 0 radical (unpaired) electrons. The van der Waals surface area contributed by atoms with Crippen molar-refractivity contribution in [2.45, 2.75) is 37.3 Å². The fourth-order valence-electron chi connectivity index (χ4n) is 0.708. The average Bonchev–Trinajstić information content (AvgIpc) is 1.77. The first-order valence-electron chi connectivity index (χ1n) is 3.41. The first kappa shape index (κ1) is 14.4. The minimum Gasteiger partial charge on any atom is -0.207 e. The molecule has 0 N–H and O–H groups in total. The molecule has 0 aromatic rings. The van der Waals surface area contributed by atoms with Crippen LogP contribution in [0, 0.1) is 0 Å². The molecule has 0 aromatic heterocycles. The van der Waals surface area contributed by atoms with Gasteiger partial charge in [0.2, 0.25) is 0 Å². The van der Waals surface area contributed by atoms with Crippen LogP contribution < -0.4 is 0 Å². The molecule has 0 saturated heterocycles. The third-order valence-electron chi connectivity index (χ3n) is 1.35. The van der Waals surface area contributed by atoms with Gasteiger partial charge in [-0.2, -0.15) is 30.7 Å². The molecule has 0 rings (SSSR count). The van der Waals surface area contributed by atoms with E-state index in [2.05, 4.69) is 0 Å². The lowest BCUT2D eigenvalue weighted by Crippen LogP contribution is -2.53. The van der Waals surface area contributed by atoms with E-state index in [1.807, 2.05) is 0 Å². The molecule has 0 heterocycles. The van der Waals surface area contributed by atoms with E-state index in [1.54, 1.807) is 0 Å². The molecule has 0 aliphatic rings. The standard InChI is InChI=1S/C6H5F9/c1-3(7,8)2-4(9,10)5(11,12)6(13,14)15/h2H2,1H3. The Labute approximate surface area is 78.1 Å². The Morgan fingerprint density at radius 3 is 1.27 bits per heavy atom. The fourth-order valence-corrected chi connectivity index (χ4v) is 0.708. The summed E-state index contributed by atoms with van der Waals surface area (Å²) in [6.07, 6.45) is -9.44. The maximum absolute atomic E-state index is 12.2. The average molecular weight is 248 g/mol. The van der Waals surface area contributed by atoms with E-state index >= 15 is 0 Å². The van der Waals surface area contributed by atoms with Crippen LogP contribution in [0.4, 0.5) is 39.5 Å². The van der Waals surface area contributed by atoms with E-state index in [4.69, 9.17) is 0 Å². The lowest BCUT2D eigenvalue weighted by atomic mass is 10.0. The summed E-state index contributed by atoms with van der Waals surface area (Å²) in [6, 6.07) is 0. The summed E-state index contributed by atoms with van der Waals surface area (Å²) in [5.41, 5.74) is 0. The van der Waals surface area contributed by atoms with E-state index in [0.717, 1.165) is 0 Å². The quantitative estimate of drug-likeness (QED) is 0.665. The molecule has 0 unspecified atom stereocenters.